The predicted molar refractivity (Wildman–Crippen MR) is 142 cm³/mol. The number of benzene rings is 2. The van der Waals surface area contributed by atoms with Gasteiger partial charge in [0.2, 0.25) is 0 Å². The van der Waals surface area contributed by atoms with E-state index in [1.54, 1.807) is 13.8 Å². The van der Waals surface area contributed by atoms with Gasteiger partial charge in [0, 0.05) is 39.0 Å². The van der Waals surface area contributed by atoms with Crippen LogP contribution in [0.4, 0.5) is 0 Å². The maximum Gasteiger partial charge on any atom is 0.131 e. The maximum absolute atomic E-state index is 11.3. The van der Waals surface area contributed by atoms with E-state index in [0.29, 0.717) is 12.8 Å². The minimum absolute atomic E-state index is 0.224. The molecule has 186 valence electrons. The molecule has 0 amide bonds. The van der Waals surface area contributed by atoms with Crippen LogP contribution in [0, 0.1) is 0 Å². The van der Waals surface area contributed by atoms with Crippen molar-refractivity contribution >= 4 is 11.6 Å². The molecule has 0 radical (unpaired) electrons. The number of hydrogen-bond acceptors (Lipinski definition) is 4. The van der Waals surface area contributed by atoms with E-state index in [0.717, 1.165) is 45.7 Å². The molecule has 0 N–H and O–H groups in total. The van der Waals surface area contributed by atoms with Gasteiger partial charge in [0.25, 0.3) is 0 Å². The van der Waals surface area contributed by atoms with Crippen LogP contribution >= 0.6 is 0 Å². The molecular formula is C30H44N2O2. The van der Waals surface area contributed by atoms with E-state index in [9.17, 15) is 9.59 Å². The summed E-state index contributed by atoms with van der Waals surface area (Å²) in [5.74, 6) is 0.447. The fraction of sp³-hybridized carbons (Fsp3) is 0.533. The second kappa shape index (κ2) is 17.2. The van der Waals surface area contributed by atoms with Gasteiger partial charge in [-0.2, -0.15) is 0 Å². The van der Waals surface area contributed by atoms with Gasteiger partial charge in [0.15, 0.2) is 0 Å². The summed E-state index contributed by atoms with van der Waals surface area (Å²) in [6.07, 6.45) is 8.54. The highest BCUT2D eigenvalue weighted by Crippen LogP contribution is 2.13. The third kappa shape index (κ3) is 13.4. The summed E-state index contributed by atoms with van der Waals surface area (Å²) in [4.78, 5) is 27.5. The number of rotatable bonds is 19. The fourth-order valence-corrected chi connectivity index (χ4v) is 4.24. The van der Waals surface area contributed by atoms with Crippen LogP contribution in [0.1, 0.15) is 76.3 Å². The maximum atomic E-state index is 11.3. The van der Waals surface area contributed by atoms with Gasteiger partial charge in [-0.3, -0.25) is 14.5 Å². The monoisotopic (exact) mass is 464 g/mol. The van der Waals surface area contributed by atoms with Gasteiger partial charge in [0.05, 0.1) is 0 Å². The Hall–Kier alpha value is -2.30. The molecule has 4 nitrogen and oxygen atoms in total. The number of unbranched alkanes of at least 4 members (excludes halogenated alkanes) is 5. The topological polar surface area (TPSA) is 40.6 Å². The number of nitrogens with zero attached hydrogens (tertiary/aromatic N) is 2. The summed E-state index contributed by atoms with van der Waals surface area (Å²) in [6.45, 7) is 8.94. The molecule has 0 saturated heterocycles. The Morgan fingerprint density at radius 3 is 1.32 bits per heavy atom. The van der Waals surface area contributed by atoms with Crippen molar-refractivity contribution in [1.82, 2.24) is 9.80 Å². The predicted octanol–water partition coefficient (Wildman–Crippen LogP) is 6.29. The van der Waals surface area contributed by atoms with Crippen molar-refractivity contribution in [2.75, 3.05) is 26.2 Å². The lowest BCUT2D eigenvalue weighted by molar-refractivity contribution is -0.117. The second-order valence-corrected chi connectivity index (χ2v) is 9.55. The molecule has 0 aliphatic carbocycles. The van der Waals surface area contributed by atoms with Gasteiger partial charge in [-0.25, -0.2) is 0 Å². The number of Topliss-reactive ketones (excluding diaryl/α,β-unsaturated/α-hetero) is 2. The summed E-state index contributed by atoms with van der Waals surface area (Å²) >= 11 is 0. The Labute approximate surface area is 207 Å². The molecule has 0 atom stereocenters. The van der Waals surface area contributed by atoms with E-state index in [-0.39, 0.29) is 11.6 Å². The van der Waals surface area contributed by atoms with Gasteiger partial charge in [0.1, 0.15) is 11.6 Å². The van der Waals surface area contributed by atoms with Gasteiger partial charge in [-0.05, 0) is 50.9 Å². The van der Waals surface area contributed by atoms with Crippen molar-refractivity contribution in [2.45, 2.75) is 78.3 Å². The molecule has 4 heteroatoms. The van der Waals surface area contributed by atoms with E-state index in [1.807, 2.05) is 0 Å². The summed E-state index contributed by atoms with van der Waals surface area (Å²) in [5.41, 5.74) is 2.75. The van der Waals surface area contributed by atoms with Crippen molar-refractivity contribution in [3.05, 3.63) is 71.8 Å². The first-order valence-electron chi connectivity index (χ1n) is 13.0. The lowest BCUT2D eigenvalue weighted by Crippen LogP contribution is -2.29. The molecule has 0 aliphatic heterocycles. The van der Waals surface area contributed by atoms with Gasteiger partial charge in [-0.1, -0.05) is 86.3 Å². The molecule has 2 aromatic rings. The molecule has 0 heterocycles. The van der Waals surface area contributed by atoms with E-state index in [2.05, 4.69) is 70.5 Å². The number of ketones is 2. The highest BCUT2D eigenvalue weighted by Gasteiger charge is 2.09. The molecule has 0 saturated carbocycles. The minimum Gasteiger partial charge on any atom is -0.302 e. The SMILES string of the molecule is CC(=O)CCN(CCCCCCCCN(Cc1ccccc1)Cc1ccccc1)CCC(C)=O. The molecule has 0 unspecified atom stereocenters. The largest absolute Gasteiger partial charge is 0.302 e. The quantitative estimate of drug-likeness (QED) is 0.229. The molecule has 0 aromatic heterocycles. The van der Waals surface area contributed by atoms with Gasteiger partial charge in [-0.15, -0.1) is 0 Å². The smallest absolute Gasteiger partial charge is 0.131 e. The van der Waals surface area contributed by atoms with Gasteiger partial charge >= 0.3 is 0 Å². The first-order valence-corrected chi connectivity index (χ1v) is 13.0. The van der Waals surface area contributed by atoms with Crippen molar-refractivity contribution in [3.8, 4) is 0 Å². The molecular weight excluding hydrogens is 420 g/mol. The van der Waals surface area contributed by atoms with Crippen LogP contribution in [-0.2, 0) is 22.7 Å². The number of carbonyl (C=O) groups excluding carboxylic acids is 2. The second-order valence-electron chi connectivity index (χ2n) is 9.55. The normalized spacial score (nSPS) is 11.3. The first-order chi connectivity index (χ1) is 16.5. The zero-order valence-corrected chi connectivity index (χ0v) is 21.4. The Balaban J connectivity index is 1.65. The number of hydrogen-bond donors (Lipinski definition) is 0. The van der Waals surface area contributed by atoms with Crippen LogP contribution in [0.2, 0.25) is 0 Å². The van der Waals surface area contributed by atoms with Crippen LogP contribution in [0.5, 0.6) is 0 Å². The molecule has 2 rings (SSSR count). The summed E-state index contributed by atoms with van der Waals surface area (Å²) in [7, 11) is 0. The Morgan fingerprint density at radius 2 is 0.912 bits per heavy atom. The Morgan fingerprint density at radius 1 is 0.529 bits per heavy atom. The van der Waals surface area contributed by atoms with E-state index < -0.39 is 0 Å². The zero-order valence-electron chi connectivity index (χ0n) is 21.4. The van der Waals surface area contributed by atoms with Crippen LogP contribution < -0.4 is 0 Å². The minimum atomic E-state index is 0.224. The van der Waals surface area contributed by atoms with Crippen molar-refractivity contribution < 1.29 is 9.59 Å². The van der Waals surface area contributed by atoms with Crippen molar-refractivity contribution in [3.63, 3.8) is 0 Å². The van der Waals surface area contributed by atoms with E-state index in [1.165, 1.54) is 43.2 Å². The molecule has 0 bridgehead atoms. The van der Waals surface area contributed by atoms with E-state index in [4.69, 9.17) is 0 Å². The van der Waals surface area contributed by atoms with Crippen molar-refractivity contribution in [2.24, 2.45) is 0 Å². The lowest BCUT2D eigenvalue weighted by atomic mass is 10.1. The van der Waals surface area contributed by atoms with Crippen LogP contribution in [0.3, 0.4) is 0 Å². The molecule has 0 spiro atoms. The van der Waals surface area contributed by atoms with E-state index >= 15 is 0 Å². The number of carbonyl (C=O) groups is 2. The molecule has 2 aromatic carbocycles. The first kappa shape index (κ1) is 27.9. The third-order valence-electron chi connectivity index (χ3n) is 6.26. The summed E-state index contributed by atoms with van der Waals surface area (Å²) in [5, 5.41) is 0. The third-order valence-corrected chi connectivity index (χ3v) is 6.26. The average Bonchev–Trinajstić information content (AvgIpc) is 2.83. The summed E-state index contributed by atoms with van der Waals surface area (Å²) < 4.78 is 0. The molecule has 0 aliphatic rings. The highest BCUT2D eigenvalue weighted by molar-refractivity contribution is 5.76. The Bertz CT molecular complexity index is 748. The standard InChI is InChI=1S/C30H44N2O2/c1-27(33)19-23-31(24-20-28(2)34)21-13-5-3-4-6-14-22-32(25-29-15-9-7-10-16-29)26-30-17-11-8-12-18-30/h7-12,15-18H,3-6,13-14,19-26H2,1-2H3. The van der Waals surface area contributed by atoms with Crippen LogP contribution in [0.15, 0.2) is 60.7 Å². The molecule has 34 heavy (non-hydrogen) atoms. The average molecular weight is 465 g/mol. The lowest BCUT2D eigenvalue weighted by Gasteiger charge is -2.23. The van der Waals surface area contributed by atoms with Gasteiger partial charge < -0.3 is 4.90 Å². The molecule has 0 fully saturated rings. The summed E-state index contributed by atoms with van der Waals surface area (Å²) in [6, 6.07) is 21.5. The van der Waals surface area contributed by atoms with Crippen LogP contribution in [0.25, 0.3) is 0 Å². The highest BCUT2D eigenvalue weighted by atomic mass is 16.1. The van der Waals surface area contributed by atoms with Crippen molar-refractivity contribution in [1.29, 1.82) is 0 Å². The van der Waals surface area contributed by atoms with Crippen LogP contribution in [-0.4, -0.2) is 47.5 Å². The fourth-order valence-electron chi connectivity index (χ4n) is 4.24. The zero-order chi connectivity index (χ0) is 24.4. The Kier molecular flexibility index (Phi) is 14.1.